The number of benzene rings is 1. The van der Waals surface area contributed by atoms with Crippen molar-refractivity contribution in [2.24, 2.45) is 0 Å². The molecule has 0 amide bonds. The van der Waals surface area contributed by atoms with E-state index >= 15 is 0 Å². The lowest BCUT2D eigenvalue weighted by molar-refractivity contribution is 0.321. The largest absolute Gasteiger partial charge is 0.369 e. The van der Waals surface area contributed by atoms with Gasteiger partial charge in [0.1, 0.15) is 5.82 Å². The van der Waals surface area contributed by atoms with Gasteiger partial charge in [-0.3, -0.25) is 0 Å². The molecule has 2 rings (SSSR count). The Morgan fingerprint density at radius 1 is 1.32 bits per heavy atom. The molecule has 1 fully saturated rings. The van der Waals surface area contributed by atoms with Gasteiger partial charge in [-0.25, -0.2) is 4.39 Å². The second kappa shape index (κ2) is 5.91. The molecule has 1 N–H and O–H groups in total. The molecule has 0 radical (unpaired) electrons. The predicted octanol–water partition coefficient (Wildman–Crippen LogP) is 3.49. The van der Waals surface area contributed by atoms with E-state index in [2.05, 4.69) is 24.1 Å². The van der Waals surface area contributed by atoms with Gasteiger partial charge in [0.05, 0.1) is 0 Å². The van der Waals surface area contributed by atoms with Crippen molar-refractivity contribution in [1.29, 1.82) is 0 Å². The zero-order valence-electron chi connectivity index (χ0n) is 12.3. The van der Waals surface area contributed by atoms with Crippen LogP contribution < -0.4 is 10.2 Å². The van der Waals surface area contributed by atoms with Crippen molar-refractivity contribution >= 4 is 5.69 Å². The van der Waals surface area contributed by atoms with Crippen LogP contribution in [0.1, 0.15) is 38.7 Å². The first-order valence-corrected chi connectivity index (χ1v) is 7.36. The van der Waals surface area contributed by atoms with E-state index in [4.69, 9.17) is 0 Å². The van der Waals surface area contributed by atoms with Crippen LogP contribution in [0.25, 0.3) is 0 Å². The van der Waals surface area contributed by atoms with Crippen LogP contribution in [0, 0.1) is 12.7 Å². The molecule has 0 spiro atoms. The molecule has 106 valence electrons. The highest BCUT2D eigenvalue weighted by atomic mass is 19.1. The van der Waals surface area contributed by atoms with E-state index in [0.717, 1.165) is 44.5 Å². The summed E-state index contributed by atoms with van der Waals surface area (Å²) in [4.78, 5) is 2.42. The molecule has 0 aromatic heterocycles. The van der Waals surface area contributed by atoms with Crippen molar-refractivity contribution in [2.75, 3.05) is 24.5 Å². The molecule has 1 aromatic carbocycles. The molecule has 1 saturated heterocycles. The fourth-order valence-corrected chi connectivity index (χ4v) is 3.03. The summed E-state index contributed by atoms with van der Waals surface area (Å²) in [6, 6.07) is 5.12. The first kappa shape index (κ1) is 14.3. The van der Waals surface area contributed by atoms with E-state index in [-0.39, 0.29) is 11.4 Å². The summed E-state index contributed by atoms with van der Waals surface area (Å²) in [6.07, 6.45) is 3.39. The summed E-state index contributed by atoms with van der Waals surface area (Å²) in [7, 11) is 0. The van der Waals surface area contributed by atoms with E-state index < -0.39 is 0 Å². The van der Waals surface area contributed by atoms with Gasteiger partial charge in [0, 0.05) is 24.3 Å². The zero-order chi connectivity index (χ0) is 13.9. The maximum absolute atomic E-state index is 13.2. The third-order valence-electron chi connectivity index (χ3n) is 4.45. The average molecular weight is 264 g/mol. The summed E-state index contributed by atoms with van der Waals surface area (Å²) >= 11 is 0. The summed E-state index contributed by atoms with van der Waals surface area (Å²) in [6.45, 7) is 9.61. The van der Waals surface area contributed by atoms with Gasteiger partial charge in [-0.15, -0.1) is 0 Å². The Morgan fingerprint density at radius 2 is 2.05 bits per heavy atom. The molecule has 0 bridgehead atoms. The minimum absolute atomic E-state index is 0.147. The van der Waals surface area contributed by atoms with Crippen LogP contribution in [0.4, 0.5) is 10.1 Å². The lowest BCUT2D eigenvalue weighted by atomic mass is 9.92. The summed E-state index contributed by atoms with van der Waals surface area (Å²) in [5, 5.41) is 3.71. The molecular weight excluding hydrogens is 239 g/mol. The van der Waals surface area contributed by atoms with Gasteiger partial charge < -0.3 is 10.2 Å². The summed E-state index contributed by atoms with van der Waals surface area (Å²) in [5.74, 6) is -0.147. The maximum atomic E-state index is 13.2. The predicted molar refractivity (Wildman–Crippen MR) is 79.3 cm³/mol. The van der Waals surface area contributed by atoms with Gasteiger partial charge in [-0.2, -0.15) is 0 Å². The van der Waals surface area contributed by atoms with Crippen LogP contribution in [-0.2, 0) is 0 Å². The van der Waals surface area contributed by atoms with Crippen LogP contribution in [0.2, 0.25) is 0 Å². The summed E-state index contributed by atoms with van der Waals surface area (Å²) in [5.41, 5.74) is 2.40. The van der Waals surface area contributed by atoms with Gasteiger partial charge in [0.25, 0.3) is 0 Å². The normalized spacial score (nSPS) is 19.3. The third kappa shape index (κ3) is 3.08. The third-order valence-corrected chi connectivity index (χ3v) is 4.45. The van der Waals surface area contributed by atoms with Gasteiger partial charge in [0.2, 0.25) is 0 Å². The van der Waals surface area contributed by atoms with E-state index in [1.54, 1.807) is 12.1 Å². The van der Waals surface area contributed by atoms with Crippen LogP contribution in [-0.4, -0.2) is 25.2 Å². The number of anilines is 1. The van der Waals surface area contributed by atoms with E-state index in [0.29, 0.717) is 0 Å². The van der Waals surface area contributed by atoms with Crippen LogP contribution in [0.3, 0.4) is 0 Å². The molecule has 19 heavy (non-hydrogen) atoms. The molecule has 2 nitrogen and oxygen atoms in total. The van der Waals surface area contributed by atoms with Crippen molar-refractivity contribution in [3.8, 4) is 0 Å². The first-order chi connectivity index (χ1) is 9.10. The molecule has 3 heteroatoms. The number of nitrogens with one attached hydrogen (secondary N) is 1. The molecule has 1 aliphatic heterocycles. The minimum Gasteiger partial charge on any atom is -0.369 e. The molecule has 0 atom stereocenters. The Labute approximate surface area is 116 Å². The van der Waals surface area contributed by atoms with Crippen molar-refractivity contribution < 1.29 is 4.39 Å². The number of nitrogens with zero attached hydrogens (tertiary/aromatic N) is 1. The Hall–Kier alpha value is -1.09. The molecule has 0 unspecified atom stereocenters. The number of hydrogen-bond donors (Lipinski definition) is 1. The van der Waals surface area contributed by atoms with Crippen molar-refractivity contribution in [1.82, 2.24) is 5.32 Å². The fourth-order valence-electron chi connectivity index (χ4n) is 3.03. The Kier molecular flexibility index (Phi) is 4.46. The first-order valence-electron chi connectivity index (χ1n) is 7.36. The van der Waals surface area contributed by atoms with Crippen LogP contribution >= 0.6 is 0 Å². The lowest BCUT2D eigenvalue weighted by Crippen LogP contribution is -2.50. The average Bonchev–Trinajstić information content (AvgIpc) is 2.62. The molecule has 1 heterocycles. The van der Waals surface area contributed by atoms with Crippen LogP contribution in [0.5, 0.6) is 0 Å². The Bertz CT molecular complexity index is 427. The van der Waals surface area contributed by atoms with Gasteiger partial charge in [0.15, 0.2) is 0 Å². The van der Waals surface area contributed by atoms with Gasteiger partial charge >= 0.3 is 0 Å². The highest BCUT2D eigenvalue weighted by Crippen LogP contribution is 2.27. The molecule has 0 saturated carbocycles. The minimum atomic E-state index is -0.147. The molecule has 1 aliphatic rings. The number of halogens is 1. The van der Waals surface area contributed by atoms with Gasteiger partial charge in [-0.1, -0.05) is 13.8 Å². The summed E-state index contributed by atoms with van der Waals surface area (Å²) < 4.78 is 13.2. The second-order valence-corrected chi connectivity index (χ2v) is 5.62. The lowest BCUT2D eigenvalue weighted by Gasteiger charge is -2.37. The molecule has 0 aliphatic carbocycles. The number of rotatable bonds is 3. The molecular formula is C16H25FN2. The topological polar surface area (TPSA) is 15.3 Å². The van der Waals surface area contributed by atoms with E-state index in [1.807, 2.05) is 13.0 Å². The van der Waals surface area contributed by atoms with Crippen molar-refractivity contribution in [2.45, 2.75) is 45.6 Å². The van der Waals surface area contributed by atoms with Gasteiger partial charge in [-0.05, 0) is 56.5 Å². The number of aryl methyl sites for hydroxylation is 1. The quantitative estimate of drug-likeness (QED) is 0.899. The fraction of sp³-hybridized carbons (Fsp3) is 0.625. The highest BCUT2D eigenvalue weighted by Gasteiger charge is 2.30. The van der Waals surface area contributed by atoms with Crippen LogP contribution in [0.15, 0.2) is 18.2 Å². The number of hydrogen-bond acceptors (Lipinski definition) is 2. The zero-order valence-corrected chi connectivity index (χ0v) is 12.3. The maximum Gasteiger partial charge on any atom is 0.123 e. The van der Waals surface area contributed by atoms with E-state index in [1.165, 1.54) is 5.69 Å². The smallest absolute Gasteiger partial charge is 0.123 e. The van der Waals surface area contributed by atoms with Crippen molar-refractivity contribution in [3.63, 3.8) is 0 Å². The Balaban J connectivity index is 2.27. The second-order valence-electron chi connectivity index (χ2n) is 5.62. The van der Waals surface area contributed by atoms with Crippen molar-refractivity contribution in [3.05, 3.63) is 29.6 Å². The SMILES string of the molecule is CCC1(CC)CN(c2ccc(F)cc2C)CCCN1. The standard InChI is InChI=1S/C16H25FN2/c1-4-16(5-2)12-19(10-6-9-18-16)15-8-7-14(17)11-13(15)3/h7-8,11,18H,4-6,9-10,12H2,1-3H3. The van der Waals surface area contributed by atoms with E-state index in [9.17, 15) is 4.39 Å². The monoisotopic (exact) mass is 264 g/mol. The Morgan fingerprint density at radius 3 is 2.68 bits per heavy atom. The molecule has 1 aromatic rings. The highest BCUT2D eigenvalue weighted by molar-refractivity contribution is 5.53.